The standard InChI is InChI=1S/2C24H28N2O4S/c2*1-26-21(29)24(20(28)25-22(26)31,18-5-3-2-4-6-18)13-19(27)30-14-23-10-15-7-16(11-23)9-17(8-15)12-23/h2*2-6,15-17H,7-14H2,1H3,(H,25,28,31). The molecule has 8 bridgehead atoms. The number of esters is 2. The molecule has 2 heterocycles. The highest BCUT2D eigenvalue weighted by Crippen LogP contribution is 2.61. The van der Waals surface area contributed by atoms with E-state index in [0.29, 0.717) is 24.3 Å². The zero-order valence-corrected chi connectivity index (χ0v) is 37.2. The van der Waals surface area contributed by atoms with E-state index in [1.807, 2.05) is 12.1 Å². The number of likely N-dealkylation sites (N-methyl/N-ethyl adjacent to an activating group) is 2. The maximum absolute atomic E-state index is 13.3. The lowest BCUT2D eigenvalue weighted by Gasteiger charge is -2.56. The Bertz CT molecular complexity index is 1980. The zero-order chi connectivity index (χ0) is 43.6. The number of nitrogens with one attached hydrogen (secondary N) is 2. The number of nitrogens with zero attached hydrogens (tertiary/aromatic N) is 2. The van der Waals surface area contributed by atoms with Crippen LogP contribution in [0.3, 0.4) is 0 Å². The average Bonchev–Trinajstić information content (AvgIpc) is 3.24. The molecule has 12 nitrogen and oxygen atoms in total. The van der Waals surface area contributed by atoms with Crippen molar-refractivity contribution in [3.05, 3.63) is 71.8 Å². The van der Waals surface area contributed by atoms with Crippen molar-refractivity contribution in [3.63, 3.8) is 0 Å². The van der Waals surface area contributed by atoms with Crippen molar-refractivity contribution in [1.29, 1.82) is 0 Å². The molecule has 0 radical (unpaired) electrons. The molecule has 328 valence electrons. The van der Waals surface area contributed by atoms with Crippen LogP contribution in [0.5, 0.6) is 0 Å². The summed E-state index contributed by atoms with van der Waals surface area (Å²) in [5.41, 5.74) is -2.23. The monoisotopic (exact) mass is 880 g/mol. The first-order valence-corrected chi connectivity index (χ1v) is 23.1. The van der Waals surface area contributed by atoms with Crippen LogP contribution < -0.4 is 10.6 Å². The Morgan fingerprint density at radius 1 is 0.548 bits per heavy atom. The minimum absolute atomic E-state index is 0.0449. The molecule has 10 aliphatic rings. The molecule has 4 amide bonds. The number of rotatable bonds is 10. The summed E-state index contributed by atoms with van der Waals surface area (Å²) in [6.07, 6.45) is 14.1. The molecule has 2 unspecified atom stereocenters. The number of hydrogen-bond donors (Lipinski definition) is 2. The largest absolute Gasteiger partial charge is 0.465 e. The second-order valence-corrected chi connectivity index (χ2v) is 21.1. The van der Waals surface area contributed by atoms with Gasteiger partial charge in [0.25, 0.3) is 0 Å². The Morgan fingerprint density at radius 3 is 1.13 bits per heavy atom. The lowest BCUT2D eigenvalue weighted by molar-refractivity contribution is -0.161. The number of thiocarbonyl (C=S) groups is 2. The van der Waals surface area contributed by atoms with Gasteiger partial charge in [-0.25, -0.2) is 0 Å². The number of carbonyl (C=O) groups is 6. The van der Waals surface area contributed by atoms with E-state index >= 15 is 0 Å². The van der Waals surface area contributed by atoms with Crippen molar-refractivity contribution in [1.82, 2.24) is 20.4 Å². The minimum atomic E-state index is -1.67. The SMILES string of the molecule is CN1C(=O)C(CC(=O)OCC23CC4CC(CC(C4)C2)C3)(c2ccccc2)C(=O)NC1=S.CN1C(=O)C(CC(=O)OCC23CC4CC(CC(C4)C2)C3)(c2ccccc2)C(=O)NC1=S. The van der Waals surface area contributed by atoms with E-state index < -0.39 is 46.4 Å². The average molecular weight is 881 g/mol. The van der Waals surface area contributed by atoms with Crippen LogP contribution in [0.25, 0.3) is 0 Å². The fraction of sp³-hybridized carbons (Fsp3) is 0.583. The summed E-state index contributed by atoms with van der Waals surface area (Å²) < 4.78 is 11.6. The van der Waals surface area contributed by atoms with E-state index in [9.17, 15) is 28.8 Å². The molecule has 2 saturated heterocycles. The van der Waals surface area contributed by atoms with E-state index in [1.54, 1.807) is 48.5 Å². The Kier molecular flexibility index (Phi) is 11.2. The van der Waals surface area contributed by atoms with Crippen molar-refractivity contribution in [3.8, 4) is 0 Å². The van der Waals surface area contributed by atoms with Crippen LogP contribution in [0, 0.1) is 46.3 Å². The maximum Gasteiger partial charge on any atom is 0.307 e. The van der Waals surface area contributed by atoms with Crippen molar-refractivity contribution in [2.24, 2.45) is 46.3 Å². The van der Waals surface area contributed by atoms with Crippen LogP contribution in [0.4, 0.5) is 0 Å². The van der Waals surface area contributed by atoms with E-state index in [1.165, 1.54) is 62.4 Å². The molecule has 0 spiro atoms. The summed E-state index contributed by atoms with van der Waals surface area (Å²) in [5.74, 6) is 1.43. The number of ether oxygens (including phenoxy) is 2. The minimum Gasteiger partial charge on any atom is -0.465 e. The van der Waals surface area contributed by atoms with Crippen LogP contribution in [0.2, 0.25) is 0 Å². The van der Waals surface area contributed by atoms with E-state index in [0.717, 1.165) is 74.0 Å². The van der Waals surface area contributed by atoms with Crippen LogP contribution in [-0.4, -0.2) is 82.9 Å². The van der Waals surface area contributed by atoms with Gasteiger partial charge in [0.1, 0.15) is 0 Å². The lowest BCUT2D eigenvalue weighted by Crippen LogP contribution is -2.65. The first-order chi connectivity index (χ1) is 29.6. The Morgan fingerprint density at radius 2 is 0.839 bits per heavy atom. The molecule has 2 aliphatic heterocycles. The van der Waals surface area contributed by atoms with Crippen LogP contribution in [0.1, 0.15) is 101 Å². The predicted molar refractivity (Wildman–Crippen MR) is 236 cm³/mol. The van der Waals surface area contributed by atoms with Crippen molar-refractivity contribution in [2.45, 2.75) is 101 Å². The third-order valence-corrected chi connectivity index (χ3v) is 16.7. The van der Waals surface area contributed by atoms with E-state index in [2.05, 4.69) is 10.6 Å². The maximum atomic E-state index is 13.3. The molecular weight excluding hydrogens is 825 g/mol. The van der Waals surface area contributed by atoms with Gasteiger partial charge in [0.2, 0.25) is 23.6 Å². The molecule has 2 atom stereocenters. The molecule has 8 aliphatic carbocycles. The third kappa shape index (κ3) is 7.56. The zero-order valence-electron chi connectivity index (χ0n) is 35.5. The first-order valence-electron chi connectivity index (χ1n) is 22.3. The summed E-state index contributed by atoms with van der Waals surface area (Å²) in [6, 6.07) is 17.4. The molecule has 12 rings (SSSR count). The van der Waals surface area contributed by atoms with Gasteiger partial charge in [0.05, 0.1) is 26.1 Å². The van der Waals surface area contributed by atoms with Gasteiger partial charge in [0.15, 0.2) is 21.1 Å². The number of carbonyl (C=O) groups excluding carboxylic acids is 6. The summed E-state index contributed by atoms with van der Waals surface area (Å²) in [6.45, 7) is 0.786. The number of hydrogen-bond acceptors (Lipinski definition) is 10. The predicted octanol–water partition coefficient (Wildman–Crippen LogP) is 5.89. The van der Waals surface area contributed by atoms with Gasteiger partial charge in [0, 0.05) is 24.9 Å². The second-order valence-electron chi connectivity index (χ2n) is 20.3. The molecule has 14 heteroatoms. The van der Waals surface area contributed by atoms with Gasteiger partial charge >= 0.3 is 11.9 Å². The quantitative estimate of drug-likeness (QED) is 0.168. The highest BCUT2D eigenvalue weighted by molar-refractivity contribution is 7.80. The highest BCUT2D eigenvalue weighted by atomic mass is 32.1. The van der Waals surface area contributed by atoms with Crippen molar-refractivity contribution >= 4 is 70.2 Å². The lowest BCUT2D eigenvalue weighted by atomic mass is 9.50. The number of benzene rings is 2. The smallest absolute Gasteiger partial charge is 0.307 e. The van der Waals surface area contributed by atoms with Gasteiger partial charge in [-0.2, -0.15) is 0 Å². The van der Waals surface area contributed by atoms with Crippen molar-refractivity contribution < 1.29 is 38.2 Å². The van der Waals surface area contributed by atoms with Crippen LogP contribution >= 0.6 is 24.4 Å². The summed E-state index contributed by atoms with van der Waals surface area (Å²) in [7, 11) is 3.03. The van der Waals surface area contributed by atoms with E-state index in [4.69, 9.17) is 33.9 Å². The summed E-state index contributed by atoms with van der Waals surface area (Å²) in [5, 5.41) is 5.28. The van der Waals surface area contributed by atoms with Crippen LogP contribution in [-0.2, 0) is 49.1 Å². The molecule has 10 fully saturated rings. The van der Waals surface area contributed by atoms with Gasteiger partial charge in [-0.3, -0.25) is 38.6 Å². The Labute approximate surface area is 373 Å². The van der Waals surface area contributed by atoms with Crippen molar-refractivity contribution in [2.75, 3.05) is 27.3 Å². The molecule has 2 aromatic rings. The highest BCUT2D eigenvalue weighted by Gasteiger charge is 2.58. The molecular formula is C48H56N4O8S2. The van der Waals surface area contributed by atoms with Gasteiger partial charge in [-0.1, -0.05) is 60.7 Å². The molecule has 0 aromatic heterocycles. The molecule has 2 aromatic carbocycles. The summed E-state index contributed by atoms with van der Waals surface area (Å²) >= 11 is 10.2. The Hall–Kier alpha value is -4.56. The number of amides is 4. The second kappa shape index (κ2) is 16.2. The third-order valence-electron chi connectivity index (χ3n) is 15.9. The molecule has 8 saturated carbocycles. The first kappa shape index (κ1) is 42.7. The van der Waals surface area contributed by atoms with E-state index in [-0.39, 0.29) is 33.9 Å². The van der Waals surface area contributed by atoms with Crippen LogP contribution in [0.15, 0.2) is 60.7 Å². The van der Waals surface area contributed by atoms with Gasteiger partial charge in [-0.15, -0.1) is 0 Å². The summed E-state index contributed by atoms with van der Waals surface area (Å²) in [4.78, 5) is 81.4. The van der Waals surface area contributed by atoms with Gasteiger partial charge in [-0.05, 0) is 148 Å². The normalized spacial score (nSPS) is 36.5. The molecule has 2 N–H and O–H groups in total. The van der Waals surface area contributed by atoms with Gasteiger partial charge < -0.3 is 20.1 Å². The Balaban J connectivity index is 0.000000158. The fourth-order valence-corrected chi connectivity index (χ4v) is 14.3. The molecule has 62 heavy (non-hydrogen) atoms. The fourth-order valence-electron chi connectivity index (χ4n) is 13.9. The topological polar surface area (TPSA) is 151 Å².